The number of hydrogen-bond acceptors (Lipinski definition) is 2. The first kappa shape index (κ1) is 23.0. The largest absolute Gasteiger partial charge is 0.333 e. The molecule has 5 rings (SSSR count). The summed E-state index contributed by atoms with van der Waals surface area (Å²) < 4.78 is 14.6. The van der Waals surface area contributed by atoms with Crippen molar-refractivity contribution in [3.8, 4) is 0 Å². The number of aryl methyl sites for hydroxylation is 1. The molecule has 3 aliphatic rings. The zero-order chi connectivity index (χ0) is 23.5. The second kappa shape index (κ2) is 10.3. The van der Waals surface area contributed by atoms with E-state index in [1.54, 1.807) is 6.07 Å². The summed E-state index contributed by atoms with van der Waals surface area (Å²) in [6, 6.07) is 15.8. The first-order valence-corrected chi connectivity index (χ1v) is 12.8. The summed E-state index contributed by atoms with van der Waals surface area (Å²) in [5, 5.41) is 0. The Morgan fingerprint density at radius 1 is 1.00 bits per heavy atom. The maximum Gasteiger partial charge on any atom is 0.237 e. The number of halogens is 1. The number of rotatable bonds is 6. The molecule has 2 aromatic carbocycles. The van der Waals surface area contributed by atoms with Crippen molar-refractivity contribution in [2.24, 2.45) is 0 Å². The maximum atomic E-state index is 14.6. The predicted octanol–water partition coefficient (Wildman–Crippen LogP) is 6.50. The molecule has 1 atom stereocenters. The molecule has 1 heterocycles. The highest BCUT2D eigenvalue weighted by Crippen LogP contribution is 2.38. The quantitative estimate of drug-likeness (QED) is 0.493. The number of benzene rings is 2. The van der Waals surface area contributed by atoms with Crippen LogP contribution in [0.1, 0.15) is 67.7 Å². The fraction of sp³-hybridized carbons (Fsp3) is 0.433. The van der Waals surface area contributed by atoms with Crippen molar-refractivity contribution >= 4 is 5.91 Å². The Bertz CT molecular complexity index is 1080. The second-order valence-corrected chi connectivity index (χ2v) is 10.0. The lowest BCUT2D eigenvalue weighted by atomic mass is 9.92. The lowest BCUT2D eigenvalue weighted by molar-refractivity contribution is -0.136. The summed E-state index contributed by atoms with van der Waals surface area (Å²) in [7, 11) is 0. The number of allylic oxidation sites excluding steroid dienone is 2. The van der Waals surface area contributed by atoms with E-state index in [9.17, 15) is 9.18 Å². The smallest absolute Gasteiger partial charge is 0.237 e. The highest BCUT2D eigenvalue weighted by molar-refractivity contribution is 5.79. The summed E-state index contributed by atoms with van der Waals surface area (Å²) in [5.41, 5.74) is 5.99. The molecule has 1 saturated heterocycles. The van der Waals surface area contributed by atoms with Gasteiger partial charge >= 0.3 is 0 Å². The Hall–Kier alpha value is -2.72. The highest BCUT2D eigenvalue weighted by atomic mass is 19.1. The molecule has 2 fully saturated rings. The van der Waals surface area contributed by atoms with Crippen LogP contribution in [0.25, 0.3) is 0 Å². The summed E-state index contributed by atoms with van der Waals surface area (Å²) >= 11 is 0. The van der Waals surface area contributed by atoms with Gasteiger partial charge in [0, 0.05) is 24.2 Å². The number of likely N-dealkylation sites (tertiary alicyclic amines) is 1. The fourth-order valence-corrected chi connectivity index (χ4v) is 6.00. The van der Waals surface area contributed by atoms with Gasteiger partial charge in [0.15, 0.2) is 0 Å². The third kappa shape index (κ3) is 4.88. The van der Waals surface area contributed by atoms with Crippen LogP contribution >= 0.6 is 0 Å². The van der Waals surface area contributed by atoms with Crippen molar-refractivity contribution in [3.63, 3.8) is 0 Å². The lowest BCUT2D eigenvalue weighted by Crippen LogP contribution is -2.46. The molecule has 1 unspecified atom stereocenters. The number of carbonyl (C=O) groups is 1. The number of carbonyl (C=O) groups excluding carboxylic acids is 1. The molecular formula is C30H35FN2O. The van der Waals surface area contributed by atoms with Gasteiger partial charge in [-0.25, -0.2) is 4.39 Å². The van der Waals surface area contributed by atoms with Crippen LogP contribution in [0.2, 0.25) is 0 Å². The van der Waals surface area contributed by atoms with Crippen LogP contribution in [0.5, 0.6) is 0 Å². The molecule has 0 radical (unpaired) electrons. The predicted molar refractivity (Wildman–Crippen MR) is 135 cm³/mol. The standard InChI is InChI=1S/C30H35FN2O/c1-22-10-2-6-14-27(22)29-16-8-9-17-32(29)21-30(34)33(20-25-13-5-7-15-28(25)31)26-18-23-11-3-4-12-24(23)19-26/h2,5-7,10-15,26,29H,3-4,8-9,16-21H2,1H3. The zero-order valence-corrected chi connectivity index (χ0v) is 20.2. The molecule has 1 saturated carbocycles. The average molecular weight is 459 g/mol. The highest BCUT2D eigenvalue weighted by Gasteiger charge is 2.35. The van der Waals surface area contributed by atoms with Crippen molar-refractivity contribution in [1.29, 1.82) is 0 Å². The molecular weight excluding hydrogens is 423 g/mol. The normalized spacial score (nSPS) is 21.1. The Morgan fingerprint density at radius 3 is 2.44 bits per heavy atom. The first-order valence-electron chi connectivity index (χ1n) is 12.8. The molecule has 0 bridgehead atoms. The van der Waals surface area contributed by atoms with Gasteiger partial charge in [-0.3, -0.25) is 9.69 Å². The van der Waals surface area contributed by atoms with Crippen LogP contribution < -0.4 is 0 Å². The molecule has 178 valence electrons. The van der Waals surface area contributed by atoms with Gasteiger partial charge in [-0.15, -0.1) is 0 Å². The van der Waals surface area contributed by atoms with E-state index >= 15 is 0 Å². The molecule has 0 aromatic heterocycles. The molecule has 1 amide bonds. The third-order valence-electron chi connectivity index (χ3n) is 7.83. The van der Waals surface area contributed by atoms with Gasteiger partial charge in [-0.2, -0.15) is 0 Å². The molecule has 2 aliphatic carbocycles. The minimum atomic E-state index is -0.232. The molecule has 2 aromatic rings. The Kier molecular flexibility index (Phi) is 6.96. The van der Waals surface area contributed by atoms with Crippen LogP contribution in [-0.2, 0) is 11.3 Å². The van der Waals surface area contributed by atoms with Gasteiger partial charge < -0.3 is 4.90 Å². The molecule has 0 N–H and O–H groups in total. The molecule has 3 nitrogen and oxygen atoms in total. The van der Waals surface area contributed by atoms with E-state index in [0.29, 0.717) is 18.7 Å². The van der Waals surface area contributed by atoms with Crippen LogP contribution in [0.4, 0.5) is 4.39 Å². The summed E-state index contributed by atoms with van der Waals surface area (Å²) in [4.78, 5) is 18.2. The molecule has 4 heteroatoms. The number of hydrogen-bond donors (Lipinski definition) is 0. The number of nitrogens with zero attached hydrogens (tertiary/aromatic N) is 2. The number of fused-ring (bicyclic) bond motifs is 1. The Morgan fingerprint density at radius 2 is 1.71 bits per heavy atom. The van der Waals surface area contributed by atoms with Crippen molar-refractivity contribution in [2.75, 3.05) is 13.1 Å². The lowest BCUT2D eigenvalue weighted by Gasteiger charge is -2.38. The SMILES string of the molecule is Cc1ccccc1C1CCCCN1CC(=O)N(Cc1ccccc1F)C1CC2=CCCC=C2C1. The maximum absolute atomic E-state index is 14.6. The van der Waals surface area contributed by atoms with E-state index in [1.807, 2.05) is 17.0 Å². The Balaban J connectivity index is 1.39. The third-order valence-corrected chi connectivity index (χ3v) is 7.83. The molecule has 0 spiro atoms. The van der Waals surface area contributed by atoms with Gasteiger partial charge in [0.2, 0.25) is 5.91 Å². The fourth-order valence-electron chi connectivity index (χ4n) is 6.00. The monoisotopic (exact) mass is 458 g/mol. The van der Waals surface area contributed by atoms with Gasteiger partial charge in [0.1, 0.15) is 5.82 Å². The van der Waals surface area contributed by atoms with Crippen molar-refractivity contribution < 1.29 is 9.18 Å². The van der Waals surface area contributed by atoms with Crippen LogP contribution in [-0.4, -0.2) is 34.8 Å². The summed E-state index contributed by atoms with van der Waals surface area (Å²) in [5.74, 6) is -0.113. The molecule has 1 aliphatic heterocycles. The van der Waals surface area contributed by atoms with E-state index in [4.69, 9.17) is 0 Å². The zero-order valence-electron chi connectivity index (χ0n) is 20.2. The van der Waals surface area contributed by atoms with Gasteiger partial charge in [-0.05, 0) is 80.3 Å². The minimum absolute atomic E-state index is 0.101. The van der Waals surface area contributed by atoms with E-state index < -0.39 is 0 Å². The molecule has 34 heavy (non-hydrogen) atoms. The number of piperidine rings is 1. The van der Waals surface area contributed by atoms with Crippen LogP contribution in [0, 0.1) is 12.7 Å². The van der Waals surface area contributed by atoms with Crippen LogP contribution in [0.15, 0.2) is 71.8 Å². The van der Waals surface area contributed by atoms with Crippen molar-refractivity contribution in [2.45, 2.75) is 70.5 Å². The van der Waals surface area contributed by atoms with E-state index in [-0.39, 0.29) is 23.8 Å². The topological polar surface area (TPSA) is 23.6 Å². The van der Waals surface area contributed by atoms with Gasteiger partial charge in [0.25, 0.3) is 0 Å². The van der Waals surface area contributed by atoms with Crippen molar-refractivity contribution in [3.05, 3.63) is 94.3 Å². The number of amides is 1. The summed E-state index contributed by atoms with van der Waals surface area (Å²) in [6.45, 7) is 3.82. The van der Waals surface area contributed by atoms with Gasteiger partial charge in [0.05, 0.1) is 6.54 Å². The van der Waals surface area contributed by atoms with E-state index in [1.165, 1.54) is 34.8 Å². The van der Waals surface area contributed by atoms with Crippen molar-refractivity contribution in [1.82, 2.24) is 9.80 Å². The first-order chi connectivity index (χ1) is 16.6. The minimum Gasteiger partial charge on any atom is -0.333 e. The summed E-state index contributed by atoms with van der Waals surface area (Å²) in [6.07, 6.45) is 12.0. The van der Waals surface area contributed by atoms with E-state index in [0.717, 1.165) is 45.1 Å². The van der Waals surface area contributed by atoms with Crippen LogP contribution in [0.3, 0.4) is 0 Å². The van der Waals surface area contributed by atoms with E-state index in [2.05, 4.69) is 48.2 Å². The average Bonchev–Trinajstić information content (AvgIpc) is 3.28. The van der Waals surface area contributed by atoms with Gasteiger partial charge in [-0.1, -0.05) is 61.0 Å². The second-order valence-electron chi connectivity index (χ2n) is 10.0. The Labute approximate surface area is 203 Å².